The van der Waals surface area contributed by atoms with E-state index in [1.807, 2.05) is 97.1 Å². The zero-order valence-electron chi connectivity index (χ0n) is 30.2. The minimum absolute atomic E-state index is 0. The number of methoxy groups -OCH3 is 2. The molecule has 8 rings (SSSR count). The van der Waals surface area contributed by atoms with Gasteiger partial charge in [0.25, 0.3) is 11.4 Å². The fourth-order valence-corrected chi connectivity index (χ4v) is 6.08. The first-order valence-corrected chi connectivity index (χ1v) is 17.1. The van der Waals surface area contributed by atoms with Gasteiger partial charge < -0.3 is 21.9 Å². The average Bonchev–Trinajstić information content (AvgIpc) is 3.90. The van der Waals surface area contributed by atoms with Crippen LogP contribution in [0.5, 0.6) is 11.5 Å². The lowest BCUT2D eigenvalue weighted by atomic mass is 10.0. The molecule has 6 aromatic carbocycles. The molecule has 0 saturated heterocycles. The largest absolute Gasteiger partial charge is 1.00 e. The molecule has 282 valence electrons. The van der Waals surface area contributed by atoms with Crippen LogP contribution in [0, 0.1) is 20.2 Å². The van der Waals surface area contributed by atoms with E-state index in [2.05, 4.69) is 0 Å². The number of ether oxygens (including phenoxy) is 2. The predicted octanol–water partition coefficient (Wildman–Crippen LogP) is 3.24. The van der Waals surface area contributed by atoms with Crippen LogP contribution in [-0.2, 0) is 0 Å². The minimum atomic E-state index is -0.456. The molecule has 17 heteroatoms. The summed E-state index contributed by atoms with van der Waals surface area (Å²) < 4.78 is 11.8. The number of hydrogen-bond acceptors (Lipinski definition) is 10. The van der Waals surface area contributed by atoms with Crippen molar-refractivity contribution in [3.63, 3.8) is 0 Å². The lowest BCUT2D eigenvalue weighted by Gasteiger charge is -2.11. The number of halogens is 1. The zero-order valence-corrected chi connectivity index (χ0v) is 30.9. The van der Waals surface area contributed by atoms with Crippen molar-refractivity contribution in [3.05, 3.63) is 166 Å². The summed E-state index contributed by atoms with van der Waals surface area (Å²) in [5.74, 6) is 1.82. The van der Waals surface area contributed by atoms with Crippen LogP contribution in [0.3, 0.4) is 0 Å². The van der Waals surface area contributed by atoms with Crippen molar-refractivity contribution >= 4 is 11.4 Å². The molecule has 0 N–H and O–H groups in total. The summed E-state index contributed by atoms with van der Waals surface area (Å²) in [6.45, 7) is 0. The van der Waals surface area contributed by atoms with Gasteiger partial charge in [-0.15, -0.1) is 0 Å². The number of nitro benzene ring substituents is 2. The lowest BCUT2D eigenvalue weighted by molar-refractivity contribution is -0.734. The molecular formula is C40H30ClN10O6+. The van der Waals surface area contributed by atoms with Crippen LogP contribution in [0.1, 0.15) is 0 Å². The number of rotatable bonds is 11. The summed E-state index contributed by atoms with van der Waals surface area (Å²) in [4.78, 5) is 28.1. The molecule has 0 spiro atoms. The first-order chi connectivity index (χ1) is 27.3. The highest BCUT2D eigenvalue weighted by Crippen LogP contribution is 2.34. The van der Waals surface area contributed by atoms with E-state index >= 15 is 0 Å². The van der Waals surface area contributed by atoms with Gasteiger partial charge in [0.05, 0.1) is 45.4 Å². The number of non-ortho nitro benzene ring substituents is 2. The predicted molar refractivity (Wildman–Crippen MR) is 202 cm³/mol. The molecule has 0 fully saturated rings. The van der Waals surface area contributed by atoms with Gasteiger partial charge in [-0.05, 0) is 104 Å². The SMILES string of the molecule is COc1cc(-c2ccc(-n3nc(-c4ccccc4)n[n+]3-c3ccc([N+](=O)[O-])cc3)c(OC)c2)ccc1-n1nc(-c2ccccc2)n[n+]1-c1ccc([N+](=O)[O-])cc1.[Cl-]. The van der Waals surface area contributed by atoms with Crippen LogP contribution in [0.2, 0.25) is 0 Å². The Morgan fingerprint density at radius 2 is 0.877 bits per heavy atom. The van der Waals surface area contributed by atoms with E-state index in [1.165, 1.54) is 24.3 Å². The van der Waals surface area contributed by atoms with Gasteiger partial charge in [-0.3, -0.25) is 20.2 Å². The van der Waals surface area contributed by atoms with E-state index in [1.54, 1.807) is 57.7 Å². The standard InChI is InChI=1S/C40H30N10O6.ClH/c1-55-37-25-29(13-23-35(37)47-43-39(27-9-5-3-6-10-27)41-45(47)31-15-19-33(20-16-31)49(51)52)30-14-24-36(38(26-30)56-2)48-44-40(28-11-7-4-8-12-28)42-46(48)32-17-21-34(22-18-32)50(53)54;/h3-26H,1-2H3;1H/q+2;/p-1. The van der Waals surface area contributed by atoms with Crippen LogP contribution in [0.4, 0.5) is 11.4 Å². The maximum atomic E-state index is 11.4. The highest BCUT2D eigenvalue weighted by Gasteiger charge is 2.28. The molecule has 0 unspecified atom stereocenters. The van der Waals surface area contributed by atoms with E-state index in [0.29, 0.717) is 45.9 Å². The first-order valence-electron chi connectivity index (χ1n) is 17.1. The maximum Gasteiger partial charge on any atom is 0.340 e. The Balaban J connectivity index is 0.00000496. The van der Waals surface area contributed by atoms with Gasteiger partial charge in [0.2, 0.25) is 0 Å². The zero-order chi connectivity index (χ0) is 38.8. The normalized spacial score (nSPS) is 10.8. The summed E-state index contributed by atoms with van der Waals surface area (Å²) in [6.07, 6.45) is 0. The summed E-state index contributed by atoms with van der Waals surface area (Å²) >= 11 is 0. The second-order valence-corrected chi connectivity index (χ2v) is 12.3. The van der Waals surface area contributed by atoms with E-state index < -0.39 is 9.85 Å². The van der Waals surface area contributed by atoms with E-state index in [4.69, 9.17) is 29.9 Å². The number of tetrazole rings is 2. The van der Waals surface area contributed by atoms with Gasteiger partial charge in [-0.25, -0.2) is 0 Å². The molecule has 57 heavy (non-hydrogen) atoms. The van der Waals surface area contributed by atoms with E-state index in [-0.39, 0.29) is 23.8 Å². The summed E-state index contributed by atoms with van der Waals surface area (Å²) in [5, 5.41) is 41.9. The highest BCUT2D eigenvalue weighted by molar-refractivity contribution is 5.71. The van der Waals surface area contributed by atoms with Gasteiger partial charge in [-0.1, -0.05) is 48.5 Å². The van der Waals surface area contributed by atoms with Crippen molar-refractivity contribution in [2.45, 2.75) is 0 Å². The molecule has 0 radical (unpaired) electrons. The fraction of sp³-hybridized carbons (Fsp3) is 0.0500. The Morgan fingerprint density at radius 1 is 0.509 bits per heavy atom. The summed E-state index contributed by atoms with van der Waals surface area (Å²) in [7, 11) is 3.12. The Morgan fingerprint density at radius 3 is 1.21 bits per heavy atom. The third kappa shape index (κ3) is 7.35. The third-order valence-corrected chi connectivity index (χ3v) is 8.89. The lowest BCUT2D eigenvalue weighted by Crippen LogP contribution is -3.00. The minimum Gasteiger partial charge on any atom is -1.00 e. The van der Waals surface area contributed by atoms with Crippen LogP contribution < -0.4 is 31.5 Å². The highest BCUT2D eigenvalue weighted by atomic mass is 35.5. The molecule has 0 atom stereocenters. The monoisotopic (exact) mass is 781 g/mol. The Kier molecular flexibility index (Phi) is 10.4. The van der Waals surface area contributed by atoms with Gasteiger partial charge in [-0.2, -0.15) is 0 Å². The van der Waals surface area contributed by atoms with Gasteiger partial charge in [0.1, 0.15) is 0 Å². The molecular weight excluding hydrogens is 752 g/mol. The molecule has 8 aromatic rings. The van der Waals surface area contributed by atoms with Crippen molar-refractivity contribution < 1.29 is 41.3 Å². The Hall–Kier alpha value is -7.85. The molecule has 0 aliphatic heterocycles. The molecule has 0 aliphatic rings. The molecule has 0 saturated carbocycles. The van der Waals surface area contributed by atoms with E-state index in [0.717, 1.165) is 22.3 Å². The Labute approximate surface area is 330 Å². The maximum absolute atomic E-state index is 11.4. The number of nitrogens with zero attached hydrogens (tertiary/aromatic N) is 10. The van der Waals surface area contributed by atoms with Crippen molar-refractivity contribution in [2.75, 3.05) is 14.2 Å². The topological polar surface area (TPSA) is 174 Å². The molecule has 2 aromatic heterocycles. The first kappa shape index (κ1) is 37.5. The fourth-order valence-electron chi connectivity index (χ4n) is 6.08. The second-order valence-electron chi connectivity index (χ2n) is 12.3. The molecule has 0 bridgehead atoms. The molecule has 0 amide bonds. The van der Waals surface area contributed by atoms with Crippen molar-refractivity contribution in [1.29, 1.82) is 0 Å². The van der Waals surface area contributed by atoms with Crippen LogP contribution >= 0.6 is 0 Å². The summed E-state index contributed by atoms with van der Waals surface area (Å²) in [6, 6.07) is 42.3. The Bertz CT molecular complexity index is 2540. The van der Waals surface area contributed by atoms with Gasteiger partial charge in [0.15, 0.2) is 34.2 Å². The van der Waals surface area contributed by atoms with Crippen molar-refractivity contribution in [3.8, 4) is 68.2 Å². The van der Waals surface area contributed by atoms with Gasteiger partial charge in [0, 0.05) is 33.9 Å². The average molecular weight is 782 g/mol. The van der Waals surface area contributed by atoms with Crippen molar-refractivity contribution in [1.82, 2.24) is 30.0 Å². The second kappa shape index (κ2) is 15.9. The van der Waals surface area contributed by atoms with Gasteiger partial charge >= 0.3 is 11.6 Å². The van der Waals surface area contributed by atoms with Crippen molar-refractivity contribution in [2.24, 2.45) is 0 Å². The number of nitro groups is 2. The molecule has 0 aliphatic carbocycles. The quantitative estimate of drug-likeness (QED) is 0.108. The van der Waals surface area contributed by atoms with Crippen LogP contribution in [0.15, 0.2) is 146 Å². The van der Waals surface area contributed by atoms with Crippen LogP contribution in [-0.4, -0.2) is 54.1 Å². The smallest absolute Gasteiger partial charge is 0.340 e. The number of benzene rings is 6. The summed E-state index contributed by atoms with van der Waals surface area (Å²) in [5.41, 5.74) is 5.28. The van der Waals surface area contributed by atoms with E-state index in [9.17, 15) is 20.2 Å². The molecule has 16 nitrogen and oxygen atoms in total. The molecule has 2 heterocycles. The number of aromatic nitrogens is 8. The third-order valence-electron chi connectivity index (χ3n) is 8.89. The van der Waals surface area contributed by atoms with Crippen LogP contribution in [0.25, 0.3) is 56.7 Å². The number of hydrogen-bond donors (Lipinski definition) is 0.